The summed E-state index contributed by atoms with van der Waals surface area (Å²) in [7, 11) is 0. The number of thiazole rings is 1. The highest BCUT2D eigenvalue weighted by Crippen LogP contribution is 2.36. The van der Waals surface area contributed by atoms with Gasteiger partial charge in [-0.25, -0.2) is 14.6 Å². The van der Waals surface area contributed by atoms with Crippen LogP contribution in [-0.4, -0.2) is 29.1 Å². The number of hydrogen-bond acceptors (Lipinski definition) is 9. The lowest BCUT2D eigenvalue weighted by Gasteiger charge is -2.19. The lowest BCUT2D eigenvalue weighted by atomic mass is 10.0. The maximum Gasteiger partial charge on any atom is 0.349 e. The Kier molecular flexibility index (Phi) is 7.95. The minimum atomic E-state index is -0.689. The van der Waals surface area contributed by atoms with Crippen LogP contribution >= 0.6 is 22.7 Å². The first kappa shape index (κ1) is 27.0. The Balaban J connectivity index is 1.68. The lowest BCUT2D eigenvalue weighted by Crippen LogP contribution is -2.23. The van der Waals surface area contributed by atoms with Gasteiger partial charge in [0, 0.05) is 17.1 Å². The zero-order valence-corrected chi connectivity index (χ0v) is 23.4. The van der Waals surface area contributed by atoms with Crippen LogP contribution in [0.25, 0.3) is 27.6 Å². The first-order chi connectivity index (χ1) is 18.1. The molecule has 0 bridgehead atoms. The van der Waals surface area contributed by atoms with Gasteiger partial charge >= 0.3 is 11.9 Å². The molecule has 0 radical (unpaired) electrons. The molecule has 0 aliphatic heterocycles. The van der Waals surface area contributed by atoms with Crippen LogP contribution in [0.5, 0.6) is 0 Å². The van der Waals surface area contributed by atoms with Crippen molar-refractivity contribution in [1.29, 1.82) is 5.26 Å². The third-order valence-corrected chi connectivity index (χ3v) is 7.56. The molecule has 2 aromatic heterocycles. The van der Waals surface area contributed by atoms with Gasteiger partial charge in [0.2, 0.25) is 0 Å². The number of allylic oxidation sites excluding steroid dienone is 1. The Labute approximate surface area is 229 Å². The summed E-state index contributed by atoms with van der Waals surface area (Å²) in [4.78, 5) is 30.6. The summed E-state index contributed by atoms with van der Waals surface area (Å²) in [5.41, 5.74) is 2.06. The second-order valence-corrected chi connectivity index (χ2v) is 11.2. The molecule has 38 heavy (non-hydrogen) atoms. The second-order valence-electron chi connectivity index (χ2n) is 9.36. The number of nitrogens with zero attached hydrogens (tertiary/aromatic N) is 2. The van der Waals surface area contributed by atoms with Gasteiger partial charge in [0.1, 0.15) is 32.1 Å². The van der Waals surface area contributed by atoms with Crippen molar-refractivity contribution in [2.75, 3.05) is 11.9 Å². The maximum atomic E-state index is 12.8. The molecular weight excluding hydrogens is 518 g/mol. The van der Waals surface area contributed by atoms with Crippen molar-refractivity contribution < 1.29 is 19.1 Å². The Hall–Kier alpha value is -4.00. The number of ether oxygens (including phenoxy) is 2. The Morgan fingerprint density at radius 2 is 1.87 bits per heavy atom. The molecule has 194 valence electrons. The Bertz CT molecular complexity index is 1580. The van der Waals surface area contributed by atoms with Gasteiger partial charge in [0.15, 0.2) is 0 Å². The SMILES string of the molecule is CCOC(=O)c1c(NC=C(C#N)c2nc(-c3cccc4ccccc34)cs2)sc(C(=O)OC(C)(C)C)c1C. The lowest BCUT2D eigenvalue weighted by molar-refractivity contribution is 0.00745. The third kappa shape index (κ3) is 5.77. The average molecular weight is 546 g/mol. The van der Waals surface area contributed by atoms with Crippen LogP contribution < -0.4 is 5.32 Å². The molecule has 4 rings (SSSR count). The fourth-order valence-corrected chi connectivity index (χ4v) is 5.66. The summed E-state index contributed by atoms with van der Waals surface area (Å²) in [5.74, 6) is -1.08. The van der Waals surface area contributed by atoms with Crippen molar-refractivity contribution in [1.82, 2.24) is 4.98 Å². The van der Waals surface area contributed by atoms with Gasteiger partial charge in [0.25, 0.3) is 0 Å². The van der Waals surface area contributed by atoms with Crippen LogP contribution in [0.4, 0.5) is 5.00 Å². The first-order valence-electron chi connectivity index (χ1n) is 12.0. The summed E-state index contributed by atoms with van der Waals surface area (Å²) in [6, 6.07) is 16.3. The van der Waals surface area contributed by atoms with Gasteiger partial charge in [0.05, 0.1) is 17.9 Å². The molecule has 0 spiro atoms. The molecule has 0 amide bonds. The monoisotopic (exact) mass is 545 g/mol. The summed E-state index contributed by atoms with van der Waals surface area (Å²) in [6.45, 7) is 8.92. The zero-order valence-electron chi connectivity index (χ0n) is 21.7. The number of aromatic nitrogens is 1. The number of thiophene rings is 1. The van der Waals surface area contributed by atoms with Crippen molar-refractivity contribution in [3.63, 3.8) is 0 Å². The number of benzene rings is 2. The van der Waals surface area contributed by atoms with E-state index in [0.29, 0.717) is 26.0 Å². The molecule has 4 aromatic rings. The predicted molar refractivity (Wildman–Crippen MR) is 152 cm³/mol. The summed E-state index contributed by atoms with van der Waals surface area (Å²) >= 11 is 2.44. The number of rotatable bonds is 7. The molecule has 9 heteroatoms. The minimum Gasteiger partial charge on any atom is -0.462 e. The van der Waals surface area contributed by atoms with Crippen LogP contribution in [0.1, 0.15) is 58.3 Å². The summed E-state index contributed by atoms with van der Waals surface area (Å²) < 4.78 is 10.7. The van der Waals surface area contributed by atoms with Crippen molar-refractivity contribution in [2.24, 2.45) is 0 Å². The van der Waals surface area contributed by atoms with Crippen LogP contribution in [0.2, 0.25) is 0 Å². The number of esters is 2. The molecular formula is C29H27N3O4S2. The number of carbonyl (C=O) groups is 2. The summed E-state index contributed by atoms with van der Waals surface area (Å²) in [6.07, 6.45) is 1.50. The first-order valence-corrected chi connectivity index (χ1v) is 13.7. The van der Waals surface area contributed by atoms with Gasteiger partial charge in [-0.05, 0) is 51.0 Å². The predicted octanol–water partition coefficient (Wildman–Crippen LogP) is 7.44. The zero-order chi connectivity index (χ0) is 27.4. The highest BCUT2D eigenvalue weighted by Gasteiger charge is 2.28. The van der Waals surface area contributed by atoms with Gasteiger partial charge in [-0.15, -0.1) is 22.7 Å². The Morgan fingerprint density at radius 1 is 1.13 bits per heavy atom. The van der Waals surface area contributed by atoms with Crippen LogP contribution in [0, 0.1) is 18.3 Å². The second kappa shape index (κ2) is 11.2. The largest absolute Gasteiger partial charge is 0.462 e. The van der Waals surface area contributed by atoms with Gasteiger partial charge in [-0.3, -0.25) is 0 Å². The molecule has 0 fully saturated rings. The van der Waals surface area contributed by atoms with E-state index in [2.05, 4.69) is 11.4 Å². The van der Waals surface area contributed by atoms with Gasteiger partial charge in [-0.1, -0.05) is 42.5 Å². The number of fused-ring (bicyclic) bond motifs is 1. The van der Waals surface area contributed by atoms with E-state index >= 15 is 0 Å². The molecule has 1 N–H and O–H groups in total. The van der Waals surface area contributed by atoms with E-state index in [1.54, 1.807) is 34.6 Å². The van der Waals surface area contributed by atoms with Crippen molar-refractivity contribution in [2.45, 2.75) is 40.2 Å². The average Bonchev–Trinajstić information content (AvgIpc) is 3.48. The van der Waals surface area contributed by atoms with Gasteiger partial charge in [-0.2, -0.15) is 5.26 Å². The molecule has 2 heterocycles. The fraction of sp³-hybridized carbons (Fsp3) is 0.241. The number of anilines is 1. The third-order valence-electron chi connectivity index (χ3n) is 5.48. The number of nitriles is 1. The fourth-order valence-electron chi connectivity index (χ4n) is 3.83. The molecule has 0 saturated carbocycles. The quantitative estimate of drug-likeness (QED) is 0.190. The van der Waals surface area contributed by atoms with E-state index in [-0.39, 0.29) is 12.2 Å². The maximum absolute atomic E-state index is 12.8. The number of nitrogens with one attached hydrogen (secondary N) is 1. The van der Waals surface area contributed by atoms with E-state index in [1.165, 1.54) is 17.5 Å². The Morgan fingerprint density at radius 3 is 2.58 bits per heavy atom. The molecule has 2 aromatic carbocycles. The highest BCUT2D eigenvalue weighted by molar-refractivity contribution is 7.18. The van der Waals surface area contributed by atoms with Crippen molar-refractivity contribution in [3.8, 4) is 17.3 Å². The molecule has 7 nitrogen and oxygen atoms in total. The number of hydrogen-bond donors (Lipinski definition) is 1. The van der Waals surface area contributed by atoms with Crippen LogP contribution in [0.3, 0.4) is 0 Å². The number of carbonyl (C=O) groups excluding carboxylic acids is 2. The standard InChI is InChI=1S/C29H27N3O4S2/c1-6-35-27(33)23-17(2)24(28(34)36-29(3,4)5)38-26(23)31-15-19(14-30)25-32-22(16-37-25)21-13-9-11-18-10-7-8-12-20(18)21/h7-13,15-16,31H,6H2,1-5H3. The van der Waals surface area contributed by atoms with E-state index in [1.807, 2.05) is 47.8 Å². The molecule has 0 aliphatic carbocycles. The van der Waals surface area contributed by atoms with E-state index in [4.69, 9.17) is 14.5 Å². The van der Waals surface area contributed by atoms with E-state index < -0.39 is 17.5 Å². The normalized spacial score (nSPS) is 11.7. The van der Waals surface area contributed by atoms with Gasteiger partial charge < -0.3 is 14.8 Å². The molecule has 0 saturated heterocycles. The van der Waals surface area contributed by atoms with Crippen LogP contribution in [-0.2, 0) is 9.47 Å². The smallest absolute Gasteiger partial charge is 0.349 e. The van der Waals surface area contributed by atoms with E-state index in [0.717, 1.165) is 33.4 Å². The summed E-state index contributed by atoms with van der Waals surface area (Å²) in [5, 5.41) is 18.0. The van der Waals surface area contributed by atoms with Crippen molar-refractivity contribution >= 4 is 56.0 Å². The minimum absolute atomic E-state index is 0.185. The molecule has 0 unspecified atom stereocenters. The molecule has 0 atom stereocenters. The van der Waals surface area contributed by atoms with E-state index in [9.17, 15) is 14.9 Å². The topological polar surface area (TPSA) is 101 Å². The van der Waals surface area contributed by atoms with Crippen LogP contribution in [0.15, 0.2) is 54.0 Å². The molecule has 0 aliphatic rings. The van der Waals surface area contributed by atoms with Crippen molar-refractivity contribution in [3.05, 3.63) is 75.1 Å². The highest BCUT2D eigenvalue weighted by atomic mass is 32.1.